The molecule has 0 aliphatic carbocycles. The van der Waals surface area contributed by atoms with Gasteiger partial charge in [0.1, 0.15) is 16.4 Å². The Kier molecular flexibility index (Phi) is 9.03. The van der Waals surface area contributed by atoms with E-state index in [2.05, 4.69) is 14.8 Å². The zero-order valence-electron chi connectivity index (χ0n) is 19.4. The number of halogens is 3. The van der Waals surface area contributed by atoms with Crippen molar-refractivity contribution in [3.05, 3.63) is 42.5 Å². The van der Waals surface area contributed by atoms with Gasteiger partial charge in [-0.3, -0.25) is 9.52 Å². The summed E-state index contributed by atoms with van der Waals surface area (Å²) in [6.07, 6.45) is -4.57. The first-order valence-corrected chi connectivity index (χ1v) is 12.7. The molecule has 36 heavy (non-hydrogen) atoms. The molecule has 3 rings (SSSR count). The highest BCUT2D eigenvalue weighted by Gasteiger charge is 2.31. The third-order valence-electron chi connectivity index (χ3n) is 5.34. The summed E-state index contributed by atoms with van der Waals surface area (Å²) in [5.41, 5.74) is 0.0980. The summed E-state index contributed by atoms with van der Waals surface area (Å²) in [6.45, 7) is 2.81. The fourth-order valence-corrected chi connectivity index (χ4v) is 4.89. The van der Waals surface area contributed by atoms with Crippen LogP contribution in [0.3, 0.4) is 0 Å². The van der Waals surface area contributed by atoms with Gasteiger partial charge in [-0.25, -0.2) is 8.42 Å². The molecule has 3 N–H and O–H groups in total. The van der Waals surface area contributed by atoms with Gasteiger partial charge in [-0.15, -0.1) is 13.2 Å². The molecule has 0 radical (unpaired) electrons. The second kappa shape index (κ2) is 11.8. The van der Waals surface area contributed by atoms with E-state index in [0.29, 0.717) is 26.1 Å². The fourth-order valence-electron chi connectivity index (χ4n) is 3.71. The van der Waals surface area contributed by atoms with Crippen LogP contribution < -0.4 is 19.5 Å². The molecule has 198 valence electrons. The molecule has 2 aromatic rings. The Labute approximate surface area is 206 Å². The van der Waals surface area contributed by atoms with E-state index in [4.69, 9.17) is 9.47 Å². The van der Waals surface area contributed by atoms with Crippen molar-refractivity contribution >= 4 is 27.3 Å². The molecule has 0 saturated carbocycles. The maximum atomic E-state index is 13.0. The van der Waals surface area contributed by atoms with Crippen LogP contribution in [0.1, 0.15) is 26.2 Å². The van der Waals surface area contributed by atoms with E-state index in [0.717, 1.165) is 12.1 Å². The minimum atomic E-state index is -4.93. The third-order valence-corrected chi connectivity index (χ3v) is 6.76. The van der Waals surface area contributed by atoms with Gasteiger partial charge in [-0.2, -0.15) is 0 Å². The van der Waals surface area contributed by atoms with Gasteiger partial charge in [0, 0.05) is 31.0 Å². The molecule has 1 fully saturated rings. The normalized spacial score (nSPS) is 15.7. The number of amides is 1. The Hall–Kier alpha value is -3.03. The molecular formula is C23H27F3N2O7S. The first kappa shape index (κ1) is 27.6. The second-order valence-corrected chi connectivity index (χ2v) is 9.70. The molecule has 1 amide bonds. The molecule has 9 nitrogen and oxygen atoms in total. The third kappa shape index (κ3) is 8.00. The number of sulfonamides is 1. The van der Waals surface area contributed by atoms with Crippen LogP contribution in [-0.2, 0) is 19.6 Å². The van der Waals surface area contributed by atoms with Crippen LogP contribution in [0.15, 0.2) is 47.4 Å². The number of alkyl halides is 3. The molecular weight excluding hydrogens is 505 g/mol. The Morgan fingerprint density at radius 1 is 1.17 bits per heavy atom. The molecule has 0 spiro atoms. The van der Waals surface area contributed by atoms with Crippen LogP contribution in [0.4, 0.5) is 24.5 Å². The number of carbonyl (C=O) groups is 1. The maximum absolute atomic E-state index is 13.0. The van der Waals surface area contributed by atoms with Crippen LogP contribution in [0.25, 0.3) is 0 Å². The first-order chi connectivity index (χ1) is 17.0. The molecule has 1 atom stereocenters. The van der Waals surface area contributed by atoms with Crippen molar-refractivity contribution in [2.24, 2.45) is 5.92 Å². The standard InChI is InChI=1S/C23H27F3N2O7S/c1-2-34-20-13-16(27-22(30)14-19(29)15-8-10-33-11-9-15)6-7-21(20)36(31,32)28-17-4-3-5-18(12-17)35-23(24,25)26/h3-7,12-13,15,19,28-29H,2,8-11,14H2,1H3,(H,27,30). The van der Waals surface area contributed by atoms with E-state index in [1.807, 2.05) is 0 Å². The van der Waals surface area contributed by atoms with Crippen molar-refractivity contribution < 1.29 is 45.7 Å². The van der Waals surface area contributed by atoms with Crippen LogP contribution in [0.5, 0.6) is 11.5 Å². The molecule has 0 bridgehead atoms. The molecule has 1 aliphatic heterocycles. The summed E-state index contributed by atoms with van der Waals surface area (Å²) in [6, 6.07) is 8.26. The van der Waals surface area contributed by atoms with Gasteiger partial charge in [0.2, 0.25) is 5.91 Å². The largest absolute Gasteiger partial charge is 0.573 e. The zero-order chi connectivity index (χ0) is 26.3. The minimum Gasteiger partial charge on any atom is -0.492 e. The highest BCUT2D eigenvalue weighted by Crippen LogP contribution is 2.31. The second-order valence-electron chi connectivity index (χ2n) is 8.05. The van der Waals surface area contributed by atoms with Crippen molar-refractivity contribution in [2.75, 3.05) is 29.9 Å². The van der Waals surface area contributed by atoms with Crippen LogP contribution in [0.2, 0.25) is 0 Å². The summed E-state index contributed by atoms with van der Waals surface area (Å²) in [7, 11) is -4.28. The molecule has 0 aromatic heterocycles. The average molecular weight is 533 g/mol. The predicted molar refractivity (Wildman–Crippen MR) is 124 cm³/mol. The smallest absolute Gasteiger partial charge is 0.492 e. The van der Waals surface area contributed by atoms with E-state index < -0.39 is 34.1 Å². The number of aliphatic hydroxyl groups is 1. The Morgan fingerprint density at radius 2 is 1.89 bits per heavy atom. The van der Waals surface area contributed by atoms with Crippen LogP contribution in [0, 0.1) is 5.92 Å². The topological polar surface area (TPSA) is 123 Å². The Bertz CT molecular complexity index is 1150. The average Bonchev–Trinajstić information content (AvgIpc) is 2.78. The van der Waals surface area contributed by atoms with Crippen molar-refractivity contribution in [3.8, 4) is 11.5 Å². The molecule has 1 saturated heterocycles. The van der Waals surface area contributed by atoms with Gasteiger partial charge in [-0.1, -0.05) is 6.07 Å². The van der Waals surface area contributed by atoms with Gasteiger partial charge >= 0.3 is 6.36 Å². The quantitative estimate of drug-likeness (QED) is 0.424. The molecule has 1 aliphatic rings. The summed E-state index contributed by atoms with van der Waals surface area (Å²) < 4.78 is 80.1. The summed E-state index contributed by atoms with van der Waals surface area (Å²) in [5, 5.41) is 13.0. The SMILES string of the molecule is CCOc1cc(NC(=O)CC(O)C2CCOCC2)ccc1S(=O)(=O)Nc1cccc(OC(F)(F)F)c1. The number of aliphatic hydroxyl groups excluding tert-OH is 1. The lowest BCUT2D eigenvalue weighted by Gasteiger charge is -2.26. The molecule has 1 heterocycles. The first-order valence-electron chi connectivity index (χ1n) is 11.2. The number of nitrogens with one attached hydrogen (secondary N) is 2. The monoisotopic (exact) mass is 532 g/mol. The van der Waals surface area contributed by atoms with Crippen LogP contribution >= 0.6 is 0 Å². The highest BCUT2D eigenvalue weighted by molar-refractivity contribution is 7.92. The highest BCUT2D eigenvalue weighted by atomic mass is 32.2. The minimum absolute atomic E-state index is 0.0397. The summed E-state index contributed by atoms with van der Waals surface area (Å²) >= 11 is 0. The summed E-state index contributed by atoms with van der Waals surface area (Å²) in [4.78, 5) is 12.1. The van der Waals surface area contributed by atoms with Crippen molar-refractivity contribution in [3.63, 3.8) is 0 Å². The van der Waals surface area contributed by atoms with E-state index in [1.165, 1.54) is 30.3 Å². The molecule has 1 unspecified atom stereocenters. The van der Waals surface area contributed by atoms with Gasteiger partial charge < -0.3 is 24.6 Å². The van der Waals surface area contributed by atoms with E-state index in [1.54, 1.807) is 6.92 Å². The number of benzene rings is 2. The lowest BCUT2D eigenvalue weighted by molar-refractivity contribution is -0.274. The number of anilines is 2. The Morgan fingerprint density at radius 3 is 2.56 bits per heavy atom. The number of carbonyl (C=O) groups excluding carboxylic acids is 1. The predicted octanol–water partition coefficient (Wildman–Crippen LogP) is 3.90. The maximum Gasteiger partial charge on any atom is 0.573 e. The summed E-state index contributed by atoms with van der Waals surface area (Å²) in [5.74, 6) is -1.15. The van der Waals surface area contributed by atoms with Gasteiger partial charge in [0.05, 0.1) is 24.8 Å². The van der Waals surface area contributed by atoms with Crippen LogP contribution in [-0.4, -0.2) is 51.7 Å². The molecule has 2 aromatic carbocycles. The van der Waals surface area contributed by atoms with Gasteiger partial charge in [0.15, 0.2) is 0 Å². The fraction of sp³-hybridized carbons (Fsp3) is 0.435. The van der Waals surface area contributed by atoms with Gasteiger partial charge in [0.25, 0.3) is 10.0 Å². The number of rotatable bonds is 10. The lowest BCUT2D eigenvalue weighted by atomic mass is 9.92. The van der Waals surface area contributed by atoms with Crippen molar-refractivity contribution in [2.45, 2.75) is 43.5 Å². The van der Waals surface area contributed by atoms with Crippen molar-refractivity contribution in [1.29, 1.82) is 0 Å². The number of hydrogen-bond acceptors (Lipinski definition) is 7. The molecule has 13 heteroatoms. The van der Waals surface area contributed by atoms with E-state index in [9.17, 15) is 31.5 Å². The van der Waals surface area contributed by atoms with E-state index >= 15 is 0 Å². The van der Waals surface area contributed by atoms with E-state index in [-0.39, 0.29) is 41.0 Å². The van der Waals surface area contributed by atoms with Crippen molar-refractivity contribution in [1.82, 2.24) is 0 Å². The zero-order valence-corrected chi connectivity index (χ0v) is 20.2. The van der Waals surface area contributed by atoms with Gasteiger partial charge in [-0.05, 0) is 49.9 Å². The lowest BCUT2D eigenvalue weighted by Crippen LogP contribution is -2.31. The Balaban J connectivity index is 1.73. The number of ether oxygens (including phenoxy) is 3. The number of hydrogen-bond donors (Lipinski definition) is 3.